The minimum Gasteiger partial charge on any atom is -0.350 e. The van der Waals surface area contributed by atoms with Crippen LogP contribution in [0.3, 0.4) is 0 Å². The summed E-state index contributed by atoms with van der Waals surface area (Å²) in [5.74, 6) is -0.211. The molecular weight excluding hydrogens is 290 g/mol. The van der Waals surface area contributed by atoms with Crippen LogP contribution in [0.4, 0.5) is 10.5 Å². The van der Waals surface area contributed by atoms with Crippen LogP contribution in [0.2, 0.25) is 0 Å². The highest BCUT2D eigenvalue weighted by Crippen LogP contribution is 2.29. The molecule has 0 aliphatic heterocycles. The van der Waals surface area contributed by atoms with E-state index in [-0.39, 0.29) is 16.9 Å². The van der Waals surface area contributed by atoms with Gasteiger partial charge in [-0.2, -0.15) is 0 Å². The van der Waals surface area contributed by atoms with Crippen LogP contribution < -0.4 is 16.0 Å². The monoisotopic (exact) mass is 319 g/mol. The molecule has 128 valence electrons. The highest BCUT2D eigenvalue weighted by molar-refractivity contribution is 5.94. The van der Waals surface area contributed by atoms with Crippen molar-refractivity contribution in [3.8, 4) is 0 Å². The Morgan fingerprint density at radius 1 is 1.00 bits per heavy atom. The van der Waals surface area contributed by atoms with Crippen molar-refractivity contribution in [2.45, 2.75) is 65.5 Å². The standard InChI is InChI=1S/C18H29N3O2/c1-12(15(22)21-18(5,6)7)19-16(23)20-14-11-9-8-10-13(14)17(2,3)4/h8-12H,1-7H3,(H,21,22)(H2,19,20,23)/t12-/m1/s1. The average molecular weight is 319 g/mol. The second-order valence-electron chi connectivity index (χ2n) is 7.85. The van der Waals surface area contributed by atoms with E-state index in [1.54, 1.807) is 6.92 Å². The van der Waals surface area contributed by atoms with Crippen molar-refractivity contribution in [1.82, 2.24) is 10.6 Å². The van der Waals surface area contributed by atoms with Crippen LogP contribution in [-0.4, -0.2) is 23.5 Å². The Labute approximate surface area is 139 Å². The van der Waals surface area contributed by atoms with Gasteiger partial charge in [0.2, 0.25) is 5.91 Å². The normalized spacial score (nSPS) is 13.2. The molecule has 0 saturated heterocycles. The maximum Gasteiger partial charge on any atom is 0.319 e. The van der Waals surface area contributed by atoms with Crippen molar-refractivity contribution < 1.29 is 9.59 Å². The number of hydrogen-bond acceptors (Lipinski definition) is 2. The fourth-order valence-electron chi connectivity index (χ4n) is 2.14. The molecule has 5 nitrogen and oxygen atoms in total. The van der Waals surface area contributed by atoms with Gasteiger partial charge in [0.15, 0.2) is 0 Å². The molecular formula is C18H29N3O2. The lowest BCUT2D eigenvalue weighted by molar-refractivity contribution is -0.123. The summed E-state index contributed by atoms with van der Waals surface area (Å²) < 4.78 is 0. The van der Waals surface area contributed by atoms with Crippen LogP contribution in [0, 0.1) is 0 Å². The maximum atomic E-state index is 12.2. The number of nitrogens with one attached hydrogen (secondary N) is 3. The SMILES string of the molecule is C[C@@H](NC(=O)Nc1ccccc1C(C)(C)C)C(=O)NC(C)(C)C. The summed E-state index contributed by atoms with van der Waals surface area (Å²) in [6.45, 7) is 13.6. The number of para-hydroxylation sites is 1. The van der Waals surface area contributed by atoms with Crippen molar-refractivity contribution in [1.29, 1.82) is 0 Å². The van der Waals surface area contributed by atoms with Crippen LogP contribution in [0.25, 0.3) is 0 Å². The van der Waals surface area contributed by atoms with Gasteiger partial charge < -0.3 is 16.0 Å². The second kappa shape index (κ2) is 7.02. The Hall–Kier alpha value is -2.04. The largest absolute Gasteiger partial charge is 0.350 e. The molecule has 0 aliphatic rings. The molecule has 1 rings (SSSR count). The number of carbonyl (C=O) groups excluding carboxylic acids is 2. The van der Waals surface area contributed by atoms with E-state index in [2.05, 4.69) is 36.7 Å². The Bertz CT molecular complexity index is 568. The summed E-state index contributed by atoms with van der Waals surface area (Å²) in [6.07, 6.45) is 0. The predicted octanol–water partition coefficient (Wildman–Crippen LogP) is 3.41. The molecule has 0 spiro atoms. The van der Waals surface area contributed by atoms with Gasteiger partial charge in [-0.25, -0.2) is 4.79 Å². The molecule has 23 heavy (non-hydrogen) atoms. The van der Waals surface area contributed by atoms with E-state index >= 15 is 0 Å². The molecule has 5 heteroatoms. The smallest absolute Gasteiger partial charge is 0.319 e. The summed E-state index contributed by atoms with van der Waals surface area (Å²) in [4.78, 5) is 24.2. The summed E-state index contributed by atoms with van der Waals surface area (Å²) in [6, 6.07) is 6.67. The first-order chi connectivity index (χ1) is 10.4. The Morgan fingerprint density at radius 3 is 2.09 bits per heavy atom. The van der Waals surface area contributed by atoms with E-state index in [1.807, 2.05) is 45.0 Å². The zero-order valence-corrected chi connectivity index (χ0v) is 15.2. The second-order valence-corrected chi connectivity index (χ2v) is 7.85. The third-order valence-corrected chi connectivity index (χ3v) is 3.22. The predicted molar refractivity (Wildman–Crippen MR) is 94.7 cm³/mol. The summed E-state index contributed by atoms with van der Waals surface area (Å²) in [7, 11) is 0. The molecule has 1 aromatic rings. The summed E-state index contributed by atoms with van der Waals surface area (Å²) in [5, 5.41) is 8.35. The van der Waals surface area contributed by atoms with Gasteiger partial charge in [-0.15, -0.1) is 0 Å². The Morgan fingerprint density at radius 2 is 1.57 bits per heavy atom. The van der Waals surface area contributed by atoms with Gasteiger partial charge in [0, 0.05) is 11.2 Å². The molecule has 3 N–H and O–H groups in total. The number of hydrogen-bond donors (Lipinski definition) is 3. The number of urea groups is 1. The fraction of sp³-hybridized carbons (Fsp3) is 0.556. The third-order valence-electron chi connectivity index (χ3n) is 3.22. The number of anilines is 1. The van der Waals surface area contributed by atoms with Crippen molar-refractivity contribution in [2.24, 2.45) is 0 Å². The zero-order valence-electron chi connectivity index (χ0n) is 15.2. The van der Waals surface area contributed by atoms with E-state index in [0.717, 1.165) is 11.3 Å². The van der Waals surface area contributed by atoms with Gasteiger partial charge in [-0.1, -0.05) is 39.0 Å². The number of carbonyl (C=O) groups is 2. The number of rotatable bonds is 3. The Kier molecular flexibility index (Phi) is 5.81. The lowest BCUT2D eigenvalue weighted by Crippen LogP contribution is -2.51. The van der Waals surface area contributed by atoms with Crippen molar-refractivity contribution >= 4 is 17.6 Å². The first kappa shape index (κ1) is 19.0. The number of amides is 3. The topological polar surface area (TPSA) is 70.2 Å². The minimum absolute atomic E-state index is 0.0842. The molecule has 3 amide bonds. The van der Waals surface area contributed by atoms with E-state index < -0.39 is 12.1 Å². The van der Waals surface area contributed by atoms with Crippen LogP contribution in [0.5, 0.6) is 0 Å². The molecule has 0 aromatic heterocycles. The fourth-order valence-corrected chi connectivity index (χ4v) is 2.14. The molecule has 0 fully saturated rings. The van der Waals surface area contributed by atoms with Gasteiger partial charge in [-0.05, 0) is 44.7 Å². The maximum absolute atomic E-state index is 12.2. The summed E-state index contributed by atoms with van der Waals surface area (Å²) >= 11 is 0. The highest BCUT2D eigenvalue weighted by Gasteiger charge is 2.22. The Balaban J connectivity index is 2.73. The molecule has 0 bridgehead atoms. The highest BCUT2D eigenvalue weighted by atomic mass is 16.2. The van der Waals surface area contributed by atoms with E-state index in [4.69, 9.17) is 0 Å². The first-order valence-corrected chi connectivity index (χ1v) is 7.89. The van der Waals surface area contributed by atoms with Crippen LogP contribution in [0.15, 0.2) is 24.3 Å². The van der Waals surface area contributed by atoms with Gasteiger partial charge in [0.1, 0.15) is 6.04 Å². The van der Waals surface area contributed by atoms with Gasteiger partial charge in [0.25, 0.3) is 0 Å². The molecule has 1 atom stereocenters. The van der Waals surface area contributed by atoms with E-state index in [9.17, 15) is 9.59 Å². The minimum atomic E-state index is -0.615. The van der Waals surface area contributed by atoms with Crippen molar-refractivity contribution in [3.63, 3.8) is 0 Å². The molecule has 1 aromatic carbocycles. The molecule has 0 radical (unpaired) electrons. The zero-order chi connectivity index (χ0) is 17.8. The number of benzene rings is 1. The van der Waals surface area contributed by atoms with Gasteiger partial charge in [0.05, 0.1) is 0 Å². The average Bonchev–Trinajstić information content (AvgIpc) is 2.35. The molecule has 0 saturated carbocycles. The quantitative estimate of drug-likeness (QED) is 0.799. The lowest BCUT2D eigenvalue weighted by Gasteiger charge is -2.25. The molecule has 0 unspecified atom stereocenters. The van der Waals surface area contributed by atoms with Crippen LogP contribution >= 0.6 is 0 Å². The van der Waals surface area contributed by atoms with Crippen LogP contribution in [-0.2, 0) is 10.2 Å². The van der Waals surface area contributed by atoms with Gasteiger partial charge in [-0.3, -0.25) is 4.79 Å². The molecule has 0 aliphatic carbocycles. The summed E-state index contributed by atoms with van der Waals surface area (Å²) in [5.41, 5.74) is 1.38. The first-order valence-electron chi connectivity index (χ1n) is 7.89. The van der Waals surface area contributed by atoms with E-state index in [1.165, 1.54) is 0 Å². The lowest BCUT2D eigenvalue weighted by atomic mass is 9.86. The van der Waals surface area contributed by atoms with Gasteiger partial charge >= 0.3 is 6.03 Å². The van der Waals surface area contributed by atoms with Crippen LogP contribution in [0.1, 0.15) is 54.0 Å². The van der Waals surface area contributed by atoms with E-state index in [0.29, 0.717) is 0 Å². The van der Waals surface area contributed by atoms with Crippen molar-refractivity contribution in [3.05, 3.63) is 29.8 Å². The third kappa shape index (κ3) is 6.30. The molecule has 0 heterocycles. The van der Waals surface area contributed by atoms with Crippen molar-refractivity contribution in [2.75, 3.05) is 5.32 Å².